The lowest BCUT2D eigenvalue weighted by Crippen LogP contribution is -2.12. The minimum atomic E-state index is -0.0162. The molecular formula is C48H42N4OS. The van der Waals surface area contributed by atoms with Gasteiger partial charge in [0.2, 0.25) is 0 Å². The number of para-hydroxylation sites is 3. The predicted molar refractivity (Wildman–Crippen MR) is 230 cm³/mol. The van der Waals surface area contributed by atoms with Gasteiger partial charge in [0, 0.05) is 60.6 Å². The first-order valence-corrected chi connectivity index (χ1v) is 19.3. The number of nitrogens with zero attached hydrogens (tertiary/aromatic N) is 2. The maximum Gasteiger partial charge on any atom is 0.138 e. The van der Waals surface area contributed by atoms with Crippen molar-refractivity contribution in [1.82, 2.24) is 9.55 Å². The highest BCUT2D eigenvalue weighted by Gasteiger charge is 2.23. The van der Waals surface area contributed by atoms with E-state index in [0.717, 1.165) is 56.5 Å². The number of nitrogens with one attached hydrogen (secondary N) is 2. The average molecular weight is 723 g/mol. The highest BCUT2D eigenvalue weighted by Crippen LogP contribution is 2.48. The summed E-state index contributed by atoms with van der Waals surface area (Å²) in [7, 11) is 0. The third-order valence-electron chi connectivity index (χ3n) is 10.3. The van der Waals surface area contributed by atoms with E-state index in [2.05, 4.69) is 172 Å². The minimum Gasteiger partial charge on any atom is -0.457 e. The Morgan fingerprint density at radius 3 is 2.13 bits per heavy atom. The molecular weight excluding hydrogens is 681 g/mol. The summed E-state index contributed by atoms with van der Waals surface area (Å²) in [5.41, 5.74) is 11.2. The molecule has 0 atom stereocenters. The number of aromatic nitrogens is 2. The second kappa shape index (κ2) is 13.1. The molecule has 5 nitrogen and oxygen atoms in total. The number of pyridine rings is 1. The van der Waals surface area contributed by atoms with Crippen molar-refractivity contribution < 1.29 is 4.74 Å². The fraction of sp³-hybridized carbons (Fsp3) is 0.146. The molecule has 266 valence electrons. The van der Waals surface area contributed by atoms with E-state index in [0.29, 0.717) is 0 Å². The Balaban J connectivity index is 1.17. The maximum absolute atomic E-state index is 7.00. The van der Waals surface area contributed by atoms with Crippen LogP contribution in [0, 0.1) is 20.8 Å². The quantitative estimate of drug-likeness (QED) is 0.172. The highest BCUT2D eigenvalue weighted by molar-refractivity contribution is 7.26. The van der Waals surface area contributed by atoms with Gasteiger partial charge < -0.3 is 15.4 Å². The Bertz CT molecular complexity index is 2870. The van der Waals surface area contributed by atoms with Crippen LogP contribution in [0.1, 0.15) is 43.0 Å². The van der Waals surface area contributed by atoms with Crippen LogP contribution in [0.4, 0.5) is 22.7 Å². The number of rotatable bonds is 7. The van der Waals surface area contributed by atoms with E-state index < -0.39 is 0 Å². The van der Waals surface area contributed by atoms with Gasteiger partial charge in [-0.3, -0.25) is 4.57 Å². The van der Waals surface area contributed by atoms with E-state index in [4.69, 9.17) is 9.72 Å². The summed E-state index contributed by atoms with van der Waals surface area (Å²) in [5.74, 6) is 2.46. The Morgan fingerprint density at radius 2 is 1.35 bits per heavy atom. The van der Waals surface area contributed by atoms with Crippen molar-refractivity contribution in [3.05, 3.63) is 156 Å². The SMILES string of the molecule is Cc1cc(C)c(Nc2ccccc2Nc2cccc(Oc3cc4c(c5ccccc5n4-c4cc(C(C)(C)C)ccn4)c4sc5ccccc5c34)c2)c(C)c1. The van der Waals surface area contributed by atoms with Crippen molar-refractivity contribution in [2.75, 3.05) is 10.6 Å². The topological polar surface area (TPSA) is 51.1 Å². The summed E-state index contributed by atoms with van der Waals surface area (Å²) in [5, 5.41) is 12.1. The number of benzene rings is 6. The van der Waals surface area contributed by atoms with Gasteiger partial charge in [0.25, 0.3) is 0 Å². The third kappa shape index (κ3) is 5.93. The summed E-state index contributed by atoms with van der Waals surface area (Å²) >= 11 is 1.82. The van der Waals surface area contributed by atoms with Crippen molar-refractivity contribution in [1.29, 1.82) is 0 Å². The molecule has 0 amide bonds. The largest absolute Gasteiger partial charge is 0.457 e. The summed E-state index contributed by atoms with van der Waals surface area (Å²) in [6.45, 7) is 13.2. The van der Waals surface area contributed by atoms with E-state index in [1.54, 1.807) is 0 Å². The highest BCUT2D eigenvalue weighted by atomic mass is 32.1. The van der Waals surface area contributed by atoms with E-state index in [1.807, 2.05) is 29.7 Å². The van der Waals surface area contributed by atoms with Crippen LogP contribution in [0.15, 0.2) is 134 Å². The maximum atomic E-state index is 7.00. The minimum absolute atomic E-state index is 0.0162. The number of ether oxygens (including phenoxy) is 1. The molecule has 9 aromatic rings. The molecule has 3 aromatic heterocycles. The van der Waals surface area contributed by atoms with Crippen LogP contribution in [0.25, 0.3) is 47.8 Å². The van der Waals surface area contributed by atoms with E-state index >= 15 is 0 Å². The number of hydrogen-bond acceptors (Lipinski definition) is 5. The van der Waals surface area contributed by atoms with Gasteiger partial charge in [-0.25, -0.2) is 4.98 Å². The molecule has 0 bridgehead atoms. The molecule has 9 rings (SSSR count). The molecule has 0 aliphatic heterocycles. The number of fused-ring (bicyclic) bond motifs is 7. The molecule has 3 heterocycles. The summed E-state index contributed by atoms with van der Waals surface area (Å²) in [6, 6.07) is 44.9. The number of thiophene rings is 1. The monoisotopic (exact) mass is 722 g/mol. The molecule has 0 fully saturated rings. The first-order valence-electron chi connectivity index (χ1n) is 18.5. The van der Waals surface area contributed by atoms with Crippen molar-refractivity contribution in [3.63, 3.8) is 0 Å². The molecule has 0 aliphatic carbocycles. The third-order valence-corrected chi connectivity index (χ3v) is 11.5. The normalized spacial score (nSPS) is 11.9. The van der Waals surface area contributed by atoms with E-state index in [9.17, 15) is 0 Å². The lowest BCUT2D eigenvalue weighted by atomic mass is 9.88. The summed E-state index contributed by atoms with van der Waals surface area (Å²) < 4.78 is 11.7. The molecule has 0 unspecified atom stereocenters. The Kier molecular flexibility index (Phi) is 8.16. The Morgan fingerprint density at radius 1 is 0.648 bits per heavy atom. The Labute approximate surface area is 319 Å². The van der Waals surface area contributed by atoms with Gasteiger partial charge in [-0.1, -0.05) is 93.1 Å². The average Bonchev–Trinajstić information content (AvgIpc) is 3.70. The van der Waals surface area contributed by atoms with Crippen LogP contribution in [0.3, 0.4) is 0 Å². The molecule has 54 heavy (non-hydrogen) atoms. The zero-order chi connectivity index (χ0) is 37.1. The fourth-order valence-electron chi connectivity index (χ4n) is 7.76. The standard InChI is InChI=1S/C48H42N4OS/c1-29-24-30(2)46(31(3)25-29)51-38-19-10-9-18-37(38)50-33-14-13-15-34(27-33)53-41-28-40-44(47-45(41)36-17-8-12-21-42(36)54-47)35-16-7-11-20-39(35)52(40)43-26-32(22-23-49-43)48(4,5)6/h7-28,50-51H,1-6H3. The second-order valence-electron chi connectivity index (χ2n) is 15.3. The van der Waals surface area contributed by atoms with Gasteiger partial charge >= 0.3 is 0 Å². The smallest absolute Gasteiger partial charge is 0.138 e. The molecule has 0 radical (unpaired) electrons. The van der Waals surface area contributed by atoms with Crippen molar-refractivity contribution in [2.45, 2.75) is 47.0 Å². The predicted octanol–water partition coefficient (Wildman–Crippen LogP) is 14.0. The van der Waals surface area contributed by atoms with Gasteiger partial charge in [0.1, 0.15) is 17.3 Å². The number of anilines is 4. The van der Waals surface area contributed by atoms with Crippen LogP contribution in [-0.4, -0.2) is 9.55 Å². The first-order chi connectivity index (χ1) is 26.1. The molecule has 2 N–H and O–H groups in total. The number of hydrogen-bond donors (Lipinski definition) is 2. The lowest BCUT2D eigenvalue weighted by molar-refractivity contribution is 0.489. The van der Waals surface area contributed by atoms with Crippen LogP contribution in [0.5, 0.6) is 11.5 Å². The molecule has 0 saturated carbocycles. The Hall–Kier alpha value is -6.11. The fourth-order valence-corrected chi connectivity index (χ4v) is 9.04. The zero-order valence-electron chi connectivity index (χ0n) is 31.4. The van der Waals surface area contributed by atoms with Gasteiger partial charge in [-0.2, -0.15) is 0 Å². The molecule has 0 aliphatic rings. The van der Waals surface area contributed by atoms with E-state index in [-0.39, 0.29) is 5.41 Å². The lowest BCUT2D eigenvalue weighted by Gasteiger charge is -2.20. The number of aryl methyl sites for hydroxylation is 3. The van der Waals surface area contributed by atoms with Gasteiger partial charge in [-0.15, -0.1) is 11.3 Å². The second-order valence-corrected chi connectivity index (χ2v) is 16.3. The van der Waals surface area contributed by atoms with Crippen molar-refractivity contribution >= 4 is 76.1 Å². The van der Waals surface area contributed by atoms with Crippen LogP contribution >= 0.6 is 11.3 Å². The van der Waals surface area contributed by atoms with Gasteiger partial charge in [-0.05, 0) is 91.4 Å². The molecule has 0 saturated heterocycles. The summed E-state index contributed by atoms with van der Waals surface area (Å²) in [6.07, 6.45) is 1.93. The molecule has 6 aromatic carbocycles. The van der Waals surface area contributed by atoms with Crippen molar-refractivity contribution in [3.8, 4) is 17.3 Å². The molecule has 6 heteroatoms. The first kappa shape index (κ1) is 33.7. The van der Waals surface area contributed by atoms with Gasteiger partial charge in [0.15, 0.2) is 0 Å². The summed E-state index contributed by atoms with van der Waals surface area (Å²) in [4.78, 5) is 4.94. The van der Waals surface area contributed by atoms with E-state index in [1.165, 1.54) is 47.8 Å². The van der Waals surface area contributed by atoms with Crippen LogP contribution in [0.2, 0.25) is 0 Å². The van der Waals surface area contributed by atoms with Crippen LogP contribution < -0.4 is 15.4 Å². The van der Waals surface area contributed by atoms with Crippen LogP contribution in [-0.2, 0) is 5.41 Å². The van der Waals surface area contributed by atoms with Gasteiger partial charge in [0.05, 0.1) is 22.4 Å². The van der Waals surface area contributed by atoms with Crippen molar-refractivity contribution in [2.24, 2.45) is 0 Å². The molecule has 0 spiro atoms. The zero-order valence-corrected chi connectivity index (χ0v) is 32.2.